The van der Waals surface area contributed by atoms with Crippen LogP contribution in [-0.2, 0) is 17.8 Å². The van der Waals surface area contributed by atoms with Crippen molar-refractivity contribution in [3.8, 4) is 5.75 Å². The van der Waals surface area contributed by atoms with Crippen LogP contribution >= 0.6 is 0 Å². The Balaban J connectivity index is 1.56. The number of hydrogen-bond acceptors (Lipinski definition) is 2. The van der Waals surface area contributed by atoms with Crippen LogP contribution in [0.25, 0.3) is 0 Å². The van der Waals surface area contributed by atoms with Crippen LogP contribution in [0.15, 0.2) is 48.6 Å². The average molecular weight is 490 g/mol. The second-order valence-corrected chi connectivity index (χ2v) is 8.42. The fraction of sp³-hybridized carbons (Fsp3) is 0.440. The molecule has 1 aliphatic rings. The lowest BCUT2D eigenvalue weighted by atomic mass is 9.78. The molecule has 9 heteroatoms. The third kappa shape index (κ3) is 7.48. The first-order chi connectivity index (χ1) is 16.0. The summed E-state index contributed by atoms with van der Waals surface area (Å²) in [6.45, 7) is 1.57. The Morgan fingerprint density at radius 2 is 1.47 bits per heavy atom. The quantitative estimate of drug-likeness (QED) is 0.275. The molecule has 2 aromatic rings. The molecule has 186 valence electrons. The Hall–Kier alpha value is -2.55. The third-order valence-corrected chi connectivity index (χ3v) is 5.82. The van der Waals surface area contributed by atoms with Gasteiger partial charge >= 0.3 is 12.5 Å². The summed E-state index contributed by atoms with van der Waals surface area (Å²) in [4.78, 5) is 0. The van der Waals surface area contributed by atoms with Gasteiger partial charge in [-0.3, -0.25) is 0 Å². The highest BCUT2D eigenvalue weighted by molar-refractivity contribution is 5.32. The summed E-state index contributed by atoms with van der Waals surface area (Å²) in [5, 5.41) is 0. The van der Waals surface area contributed by atoms with E-state index in [9.17, 15) is 30.7 Å². The molecule has 1 aliphatic carbocycles. The van der Waals surface area contributed by atoms with Gasteiger partial charge in [-0.15, -0.1) is 13.2 Å². The van der Waals surface area contributed by atoms with Crippen LogP contribution in [0.5, 0.6) is 5.75 Å². The average Bonchev–Trinajstić information content (AvgIpc) is 2.75. The number of hydrogen-bond donors (Lipinski definition) is 0. The molecule has 0 aliphatic heterocycles. The molecule has 3 rings (SSSR count). The SMILES string of the molecule is CC=CC1CCC(c2ccc(COC(F)(F)Cc3cc(F)c(OC(F)(F)F)c(F)c3)cc2)CC1. The van der Waals surface area contributed by atoms with Crippen molar-refractivity contribution in [2.75, 3.05) is 0 Å². The molecule has 1 fully saturated rings. The molecular weight excluding hydrogens is 465 g/mol. The minimum atomic E-state index is -5.32. The van der Waals surface area contributed by atoms with Crippen LogP contribution in [0.2, 0.25) is 0 Å². The summed E-state index contributed by atoms with van der Waals surface area (Å²) >= 11 is 0. The van der Waals surface area contributed by atoms with E-state index in [0.717, 1.165) is 31.2 Å². The van der Waals surface area contributed by atoms with E-state index in [1.807, 2.05) is 19.1 Å². The molecular formula is C25H25F7O2. The van der Waals surface area contributed by atoms with Gasteiger partial charge in [0.05, 0.1) is 13.0 Å². The maximum atomic E-state index is 14.2. The molecule has 2 nitrogen and oxygen atoms in total. The van der Waals surface area contributed by atoms with E-state index >= 15 is 0 Å². The molecule has 0 radical (unpaired) electrons. The molecule has 0 N–H and O–H groups in total. The van der Waals surface area contributed by atoms with Crippen molar-refractivity contribution in [1.82, 2.24) is 0 Å². The Labute approximate surface area is 193 Å². The monoisotopic (exact) mass is 490 g/mol. The third-order valence-electron chi connectivity index (χ3n) is 5.82. The van der Waals surface area contributed by atoms with Gasteiger partial charge < -0.3 is 9.47 Å². The van der Waals surface area contributed by atoms with E-state index in [-0.39, 0.29) is 0 Å². The standard InChI is InChI=1S/C25H25F7O2/c1-2-3-16-4-8-19(9-5-16)20-10-6-17(7-11-20)15-33-24(28,29)14-18-12-21(26)23(22(27)13-18)34-25(30,31)32/h2-3,6-7,10-13,16,19H,4-5,8-9,14-15H2,1H3. The second kappa shape index (κ2) is 10.8. The van der Waals surface area contributed by atoms with Crippen LogP contribution in [-0.4, -0.2) is 12.5 Å². The molecule has 0 spiro atoms. The Morgan fingerprint density at radius 3 is 2.00 bits per heavy atom. The molecule has 2 aromatic carbocycles. The van der Waals surface area contributed by atoms with E-state index in [1.165, 1.54) is 0 Å². The zero-order valence-electron chi connectivity index (χ0n) is 18.5. The number of ether oxygens (including phenoxy) is 2. The predicted octanol–water partition coefficient (Wildman–Crippen LogP) is 8.07. The van der Waals surface area contributed by atoms with Gasteiger partial charge in [-0.05, 0) is 73.3 Å². The zero-order valence-corrected chi connectivity index (χ0v) is 18.5. The van der Waals surface area contributed by atoms with Crippen LogP contribution in [0.1, 0.15) is 55.2 Å². The molecule has 0 amide bonds. The number of allylic oxidation sites excluding steroid dienone is 2. The molecule has 0 saturated heterocycles. The first kappa shape index (κ1) is 26.1. The number of alkyl halides is 5. The van der Waals surface area contributed by atoms with Gasteiger partial charge in [0.2, 0.25) is 5.75 Å². The Bertz CT molecular complexity index is 953. The van der Waals surface area contributed by atoms with Gasteiger partial charge in [0.1, 0.15) is 0 Å². The predicted molar refractivity (Wildman–Crippen MR) is 112 cm³/mol. The highest BCUT2D eigenvalue weighted by Gasteiger charge is 2.35. The van der Waals surface area contributed by atoms with Crippen molar-refractivity contribution in [1.29, 1.82) is 0 Å². The van der Waals surface area contributed by atoms with Gasteiger partial charge in [0.15, 0.2) is 11.6 Å². The summed E-state index contributed by atoms with van der Waals surface area (Å²) in [6.07, 6.45) is -1.71. The molecule has 0 heterocycles. The molecule has 0 aromatic heterocycles. The highest BCUT2D eigenvalue weighted by atomic mass is 19.4. The van der Waals surface area contributed by atoms with Crippen molar-refractivity contribution in [2.45, 2.75) is 64.0 Å². The zero-order chi connectivity index (χ0) is 24.9. The summed E-state index contributed by atoms with van der Waals surface area (Å²) in [5.41, 5.74) is 1.07. The highest BCUT2D eigenvalue weighted by Crippen LogP contribution is 2.36. The molecule has 34 heavy (non-hydrogen) atoms. The van der Waals surface area contributed by atoms with Crippen molar-refractivity contribution >= 4 is 0 Å². The fourth-order valence-electron chi connectivity index (χ4n) is 4.21. The van der Waals surface area contributed by atoms with Crippen molar-refractivity contribution in [3.05, 3.63) is 76.9 Å². The van der Waals surface area contributed by atoms with Gasteiger partial charge in [0, 0.05) is 0 Å². The van der Waals surface area contributed by atoms with Crippen LogP contribution < -0.4 is 4.74 Å². The first-order valence-electron chi connectivity index (χ1n) is 10.9. The largest absolute Gasteiger partial charge is 0.573 e. The summed E-state index contributed by atoms with van der Waals surface area (Å²) in [7, 11) is 0. The van der Waals surface area contributed by atoms with Crippen molar-refractivity contribution in [2.24, 2.45) is 5.92 Å². The van der Waals surface area contributed by atoms with Gasteiger partial charge in [-0.2, -0.15) is 8.78 Å². The molecule has 1 saturated carbocycles. The lowest BCUT2D eigenvalue weighted by Gasteiger charge is -2.27. The summed E-state index contributed by atoms with van der Waals surface area (Å²) in [5.74, 6) is -4.15. The van der Waals surface area contributed by atoms with Crippen LogP contribution in [0.4, 0.5) is 30.7 Å². The normalized spacial score (nSPS) is 19.5. The minimum Gasteiger partial charge on any atom is -0.399 e. The van der Waals surface area contributed by atoms with E-state index in [1.54, 1.807) is 12.1 Å². The van der Waals surface area contributed by atoms with E-state index in [0.29, 0.717) is 29.5 Å². The maximum Gasteiger partial charge on any atom is 0.573 e. The maximum absolute atomic E-state index is 14.2. The van der Waals surface area contributed by atoms with Gasteiger partial charge in [0.25, 0.3) is 0 Å². The minimum absolute atomic E-state index is 0.362. The lowest BCUT2D eigenvalue weighted by molar-refractivity contribution is -0.276. The Morgan fingerprint density at radius 1 is 0.882 bits per heavy atom. The lowest BCUT2D eigenvalue weighted by Crippen LogP contribution is -2.24. The smallest absolute Gasteiger partial charge is 0.399 e. The summed E-state index contributed by atoms with van der Waals surface area (Å²) < 4.78 is 100. The molecule has 0 bridgehead atoms. The second-order valence-electron chi connectivity index (χ2n) is 8.42. The Kier molecular flexibility index (Phi) is 8.28. The van der Waals surface area contributed by atoms with Crippen LogP contribution in [0, 0.1) is 17.6 Å². The van der Waals surface area contributed by atoms with E-state index < -0.39 is 48.4 Å². The number of halogens is 7. The van der Waals surface area contributed by atoms with Gasteiger partial charge in [-0.1, -0.05) is 36.4 Å². The van der Waals surface area contributed by atoms with E-state index in [4.69, 9.17) is 0 Å². The van der Waals surface area contributed by atoms with Crippen molar-refractivity contribution < 1.29 is 40.2 Å². The topological polar surface area (TPSA) is 18.5 Å². The fourth-order valence-corrected chi connectivity index (χ4v) is 4.21. The number of rotatable bonds is 8. The first-order valence-corrected chi connectivity index (χ1v) is 10.9. The van der Waals surface area contributed by atoms with Crippen LogP contribution in [0.3, 0.4) is 0 Å². The van der Waals surface area contributed by atoms with Crippen molar-refractivity contribution in [3.63, 3.8) is 0 Å². The molecule has 0 unspecified atom stereocenters. The van der Waals surface area contributed by atoms with Gasteiger partial charge in [-0.25, -0.2) is 8.78 Å². The molecule has 0 atom stereocenters. The summed E-state index contributed by atoms with van der Waals surface area (Å²) in [6, 6.07) is 7.91. The van der Waals surface area contributed by atoms with E-state index in [2.05, 4.69) is 21.6 Å². The number of benzene rings is 2.